The van der Waals surface area contributed by atoms with Crippen molar-refractivity contribution in [1.82, 2.24) is 5.32 Å². The molecular weight excluding hydrogens is 248 g/mol. The van der Waals surface area contributed by atoms with Gasteiger partial charge in [0.1, 0.15) is 0 Å². The van der Waals surface area contributed by atoms with Crippen LogP contribution in [0.15, 0.2) is 24.3 Å². The first-order valence-electron chi connectivity index (χ1n) is 6.14. The molecule has 0 atom stereocenters. The highest BCUT2D eigenvalue weighted by atomic mass is 32.2. The summed E-state index contributed by atoms with van der Waals surface area (Å²) in [5, 5.41) is 3.19. The second-order valence-corrected chi connectivity index (χ2v) is 7.85. The quantitative estimate of drug-likeness (QED) is 0.840. The van der Waals surface area contributed by atoms with Gasteiger partial charge in [0.15, 0.2) is 0 Å². The van der Waals surface area contributed by atoms with Crippen LogP contribution in [0.5, 0.6) is 0 Å². The summed E-state index contributed by atoms with van der Waals surface area (Å²) >= 11 is 0. The van der Waals surface area contributed by atoms with Crippen LogP contribution in [0.25, 0.3) is 0 Å². The molecule has 1 aliphatic rings. The lowest BCUT2D eigenvalue weighted by molar-refractivity contribution is 0.535. The SMILES string of the molecule is Cc1cccc(N2CCNCC(C)(C)S2(=O)=O)c1. The first-order valence-corrected chi connectivity index (χ1v) is 7.58. The van der Waals surface area contributed by atoms with Gasteiger partial charge in [-0.3, -0.25) is 4.31 Å². The summed E-state index contributed by atoms with van der Waals surface area (Å²) in [6.07, 6.45) is 0. The minimum absolute atomic E-state index is 0.481. The fourth-order valence-electron chi connectivity index (χ4n) is 2.13. The fraction of sp³-hybridized carbons (Fsp3) is 0.538. The number of nitrogens with zero attached hydrogens (tertiary/aromatic N) is 1. The summed E-state index contributed by atoms with van der Waals surface area (Å²) in [5.74, 6) is 0. The van der Waals surface area contributed by atoms with E-state index in [1.807, 2.05) is 31.2 Å². The van der Waals surface area contributed by atoms with E-state index in [4.69, 9.17) is 0 Å². The van der Waals surface area contributed by atoms with Gasteiger partial charge in [-0.1, -0.05) is 12.1 Å². The van der Waals surface area contributed by atoms with Crippen LogP contribution in [0.4, 0.5) is 5.69 Å². The van der Waals surface area contributed by atoms with Gasteiger partial charge in [0.2, 0.25) is 10.0 Å². The number of sulfonamides is 1. The van der Waals surface area contributed by atoms with Crippen molar-refractivity contribution >= 4 is 15.7 Å². The summed E-state index contributed by atoms with van der Waals surface area (Å²) in [5.41, 5.74) is 1.82. The Morgan fingerprint density at radius 1 is 1.33 bits per heavy atom. The highest BCUT2D eigenvalue weighted by Gasteiger charge is 2.40. The topological polar surface area (TPSA) is 49.4 Å². The molecule has 1 aliphatic heterocycles. The molecule has 0 saturated carbocycles. The number of rotatable bonds is 1. The lowest BCUT2D eigenvalue weighted by atomic mass is 10.2. The summed E-state index contributed by atoms with van der Waals surface area (Å²) in [6, 6.07) is 7.63. The fourth-order valence-corrected chi connectivity index (χ4v) is 3.73. The van der Waals surface area contributed by atoms with E-state index in [0.717, 1.165) is 11.3 Å². The normalized spacial score (nSPS) is 22.5. The van der Waals surface area contributed by atoms with Gasteiger partial charge in [0, 0.05) is 19.6 Å². The van der Waals surface area contributed by atoms with Gasteiger partial charge >= 0.3 is 0 Å². The maximum atomic E-state index is 12.7. The Bertz CT molecular complexity index is 538. The average molecular weight is 268 g/mol. The molecule has 1 heterocycles. The van der Waals surface area contributed by atoms with E-state index in [2.05, 4.69) is 5.32 Å². The number of hydrogen-bond donors (Lipinski definition) is 1. The lowest BCUT2D eigenvalue weighted by Gasteiger charge is -2.30. The zero-order valence-corrected chi connectivity index (χ0v) is 11.9. The van der Waals surface area contributed by atoms with Gasteiger partial charge in [0.25, 0.3) is 0 Å². The molecule has 1 aromatic rings. The number of nitrogens with one attached hydrogen (secondary N) is 1. The van der Waals surface area contributed by atoms with Crippen molar-refractivity contribution in [2.45, 2.75) is 25.5 Å². The van der Waals surface area contributed by atoms with E-state index >= 15 is 0 Å². The second kappa shape index (κ2) is 4.55. The van der Waals surface area contributed by atoms with E-state index in [1.54, 1.807) is 13.8 Å². The molecule has 4 nitrogen and oxygen atoms in total. The molecule has 1 fully saturated rings. The first kappa shape index (κ1) is 13.4. The molecule has 100 valence electrons. The Balaban J connectivity index is 2.48. The highest BCUT2D eigenvalue weighted by molar-refractivity contribution is 7.94. The van der Waals surface area contributed by atoms with Crippen molar-refractivity contribution in [3.05, 3.63) is 29.8 Å². The van der Waals surface area contributed by atoms with Crippen molar-refractivity contribution in [3.8, 4) is 0 Å². The van der Waals surface area contributed by atoms with Crippen LogP contribution < -0.4 is 9.62 Å². The van der Waals surface area contributed by atoms with Gasteiger partial charge in [-0.2, -0.15) is 0 Å². The van der Waals surface area contributed by atoms with E-state index < -0.39 is 14.8 Å². The molecule has 0 unspecified atom stereocenters. The Morgan fingerprint density at radius 2 is 2.06 bits per heavy atom. The van der Waals surface area contributed by atoms with Gasteiger partial charge in [0.05, 0.1) is 10.4 Å². The van der Waals surface area contributed by atoms with E-state index in [1.165, 1.54) is 4.31 Å². The van der Waals surface area contributed by atoms with Crippen molar-refractivity contribution in [3.63, 3.8) is 0 Å². The third-order valence-electron chi connectivity index (χ3n) is 3.32. The van der Waals surface area contributed by atoms with Crippen molar-refractivity contribution in [1.29, 1.82) is 0 Å². The van der Waals surface area contributed by atoms with E-state index in [0.29, 0.717) is 19.6 Å². The van der Waals surface area contributed by atoms with Crippen molar-refractivity contribution < 1.29 is 8.42 Å². The van der Waals surface area contributed by atoms with Crippen LogP contribution in [0.3, 0.4) is 0 Å². The third-order valence-corrected chi connectivity index (χ3v) is 5.84. The Kier molecular flexibility index (Phi) is 3.38. The lowest BCUT2D eigenvalue weighted by Crippen LogP contribution is -2.46. The predicted octanol–water partition coefficient (Wildman–Crippen LogP) is 1.51. The molecule has 2 rings (SSSR count). The van der Waals surface area contributed by atoms with Crippen LogP contribution in [0, 0.1) is 6.92 Å². The molecule has 1 saturated heterocycles. The van der Waals surface area contributed by atoms with Crippen molar-refractivity contribution in [2.75, 3.05) is 23.9 Å². The predicted molar refractivity (Wildman–Crippen MR) is 74.4 cm³/mol. The zero-order valence-electron chi connectivity index (χ0n) is 11.1. The van der Waals surface area contributed by atoms with Gasteiger partial charge < -0.3 is 5.32 Å². The standard InChI is InChI=1S/C13H20N2O2S/c1-11-5-4-6-12(9-11)15-8-7-14-10-13(2,3)18(15,16)17/h4-6,9,14H,7-8,10H2,1-3H3. The zero-order chi connectivity index (χ0) is 13.4. The van der Waals surface area contributed by atoms with Crippen molar-refractivity contribution in [2.24, 2.45) is 0 Å². The Hall–Kier alpha value is -1.07. The summed E-state index contributed by atoms with van der Waals surface area (Å²) in [7, 11) is -3.34. The van der Waals surface area contributed by atoms with E-state index in [-0.39, 0.29) is 0 Å². The molecule has 18 heavy (non-hydrogen) atoms. The van der Waals surface area contributed by atoms with Crippen LogP contribution in [0.2, 0.25) is 0 Å². The second-order valence-electron chi connectivity index (χ2n) is 5.35. The molecule has 0 spiro atoms. The number of benzene rings is 1. The Morgan fingerprint density at radius 3 is 2.72 bits per heavy atom. The smallest absolute Gasteiger partial charge is 0.241 e. The number of anilines is 1. The van der Waals surface area contributed by atoms with Gasteiger partial charge in [-0.05, 0) is 38.5 Å². The molecule has 0 bridgehead atoms. The molecular formula is C13H20N2O2S. The molecule has 0 amide bonds. The molecule has 1 N–H and O–H groups in total. The minimum Gasteiger partial charge on any atom is -0.313 e. The number of aryl methyl sites for hydroxylation is 1. The molecule has 1 aromatic carbocycles. The van der Waals surface area contributed by atoms with E-state index in [9.17, 15) is 8.42 Å². The first-order chi connectivity index (χ1) is 8.34. The van der Waals surface area contributed by atoms with Crippen LogP contribution in [-0.4, -0.2) is 32.8 Å². The van der Waals surface area contributed by atoms with Gasteiger partial charge in [-0.25, -0.2) is 8.42 Å². The molecule has 0 aliphatic carbocycles. The third kappa shape index (κ3) is 2.24. The maximum absolute atomic E-state index is 12.7. The average Bonchev–Trinajstić information content (AvgIpc) is 2.37. The summed E-state index contributed by atoms with van der Waals surface area (Å²) < 4.78 is 26.0. The van der Waals surface area contributed by atoms with Gasteiger partial charge in [-0.15, -0.1) is 0 Å². The monoisotopic (exact) mass is 268 g/mol. The number of hydrogen-bond acceptors (Lipinski definition) is 3. The maximum Gasteiger partial charge on any atom is 0.241 e. The molecule has 0 radical (unpaired) electrons. The van der Waals surface area contributed by atoms with Crippen LogP contribution >= 0.6 is 0 Å². The molecule has 5 heteroatoms. The minimum atomic E-state index is -3.34. The highest BCUT2D eigenvalue weighted by Crippen LogP contribution is 2.28. The van der Waals surface area contributed by atoms with Crippen LogP contribution in [-0.2, 0) is 10.0 Å². The largest absolute Gasteiger partial charge is 0.313 e. The Labute approximate surface area is 109 Å². The summed E-state index contributed by atoms with van der Waals surface area (Å²) in [4.78, 5) is 0. The summed E-state index contributed by atoms with van der Waals surface area (Å²) in [6.45, 7) is 7.15. The molecule has 0 aromatic heterocycles. The van der Waals surface area contributed by atoms with Crippen LogP contribution in [0.1, 0.15) is 19.4 Å².